The summed E-state index contributed by atoms with van der Waals surface area (Å²) in [4.78, 5) is 10.0. The van der Waals surface area contributed by atoms with Crippen molar-refractivity contribution in [3.63, 3.8) is 0 Å². The highest BCUT2D eigenvalue weighted by Gasteiger charge is 2.19. The second-order valence-electron chi connectivity index (χ2n) is 2.86. The van der Waals surface area contributed by atoms with Crippen molar-refractivity contribution in [2.24, 2.45) is 0 Å². The Kier molecular flexibility index (Phi) is 2.49. The number of benzene rings is 1. The summed E-state index contributed by atoms with van der Waals surface area (Å²) in [6.07, 6.45) is 0. The molecule has 2 N–H and O–H groups in total. The van der Waals surface area contributed by atoms with Gasteiger partial charge in [-0.1, -0.05) is 11.3 Å². The lowest BCUT2D eigenvalue weighted by molar-refractivity contribution is -0.384. The monoisotopic (exact) mass is 240 g/mol. The van der Waals surface area contributed by atoms with Crippen molar-refractivity contribution in [2.45, 2.75) is 0 Å². The lowest BCUT2D eigenvalue weighted by atomic mass is 10.2. The Morgan fingerprint density at radius 1 is 1.44 bits per heavy atom. The predicted octanol–water partition coefficient (Wildman–Crippen LogP) is 1.83. The molecule has 0 spiro atoms. The summed E-state index contributed by atoms with van der Waals surface area (Å²) in [6, 6.07) is 3.25. The molecular weight excluding hydrogens is 235 g/mol. The number of nitro groups is 1. The van der Waals surface area contributed by atoms with Crippen LogP contribution in [-0.4, -0.2) is 15.1 Å². The minimum Gasteiger partial charge on any atom is -0.374 e. The Morgan fingerprint density at radius 2 is 2.19 bits per heavy atom. The summed E-state index contributed by atoms with van der Waals surface area (Å²) in [7, 11) is 0. The molecule has 2 rings (SSSR count). The van der Waals surface area contributed by atoms with Gasteiger partial charge in [0.05, 0.1) is 16.6 Å². The first-order valence-electron chi connectivity index (χ1n) is 4.11. The molecule has 1 aromatic heterocycles. The van der Waals surface area contributed by atoms with Gasteiger partial charge in [0.15, 0.2) is 5.01 Å². The van der Waals surface area contributed by atoms with Crippen LogP contribution < -0.4 is 5.73 Å². The van der Waals surface area contributed by atoms with Crippen LogP contribution in [0, 0.1) is 15.9 Å². The number of nitro benzene ring substituents is 1. The first-order valence-corrected chi connectivity index (χ1v) is 4.93. The number of anilines is 1. The van der Waals surface area contributed by atoms with Gasteiger partial charge in [0.2, 0.25) is 5.13 Å². The molecule has 0 radical (unpaired) electrons. The van der Waals surface area contributed by atoms with Gasteiger partial charge in [0.1, 0.15) is 5.82 Å². The summed E-state index contributed by atoms with van der Waals surface area (Å²) in [5.41, 5.74) is 5.23. The molecule has 0 saturated carbocycles. The molecule has 0 aliphatic carbocycles. The maximum Gasteiger partial charge on any atom is 0.282 e. The van der Waals surface area contributed by atoms with E-state index in [-0.39, 0.29) is 16.4 Å². The van der Waals surface area contributed by atoms with Crippen molar-refractivity contribution in [1.82, 2.24) is 10.2 Å². The second kappa shape index (κ2) is 3.81. The van der Waals surface area contributed by atoms with Crippen molar-refractivity contribution in [2.75, 3.05) is 5.73 Å². The van der Waals surface area contributed by atoms with Crippen molar-refractivity contribution >= 4 is 22.2 Å². The lowest BCUT2D eigenvalue weighted by Gasteiger charge is -1.98. The zero-order valence-electron chi connectivity index (χ0n) is 7.75. The topological polar surface area (TPSA) is 94.9 Å². The summed E-state index contributed by atoms with van der Waals surface area (Å²) in [5, 5.41) is 18.4. The maximum absolute atomic E-state index is 12.9. The molecule has 0 bridgehead atoms. The quantitative estimate of drug-likeness (QED) is 0.638. The highest BCUT2D eigenvalue weighted by atomic mass is 32.1. The molecule has 2 aromatic rings. The fourth-order valence-corrected chi connectivity index (χ4v) is 1.82. The normalized spacial score (nSPS) is 10.3. The zero-order valence-corrected chi connectivity index (χ0v) is 8.57. The molecule has 0 atom stereocenters. The van der Waals surface area contributed by atoms with Gasteiger partial charge in [-0.3, -0.25) is 10.1 Å². The van der Waals surface area contributed by atoms with E-state index in [1.54, 1.807) is 0 Å². The van der Waals surface area contributed by atoms with Gasteiger partial charge in [-0.05, 0) is 12.1 Å². The fraction of sp³-hybridized carbons (Fsp3) is 0. The van der Waals surface area contributed by atoms with E-state index in [4.69, 9.17) is 5.73 Å². The third kappa shape index (κ3) is 1.82. The van der Waals surface area contributed by atoms with Crippen LogP contribution in [0.25, 0.3) is 10.6 Å². The molecule has 0 fully saturated rings. The van der Waals surface area contributed by atoms with E-state index in [9.17, 15) is 14.5 Å². The van der Waals surface area contributed by atoms with Crippen LogP contribution in [0.5, 0.6) is 0 Å². The minimum atomic E-state index is -0.673. The molecule has 0 aliphatic rings. The Hall–Kier alpha value is -2.09. The van der Waals surface area contributed by atoms with Crippen molar-refractivity contribution < 1.29 is 9.31 Å². The van der Waals surface area contributed by atoms with E-state index in [0.29, 0.717) is 5.01 Å². The standard InChI is InChI=1S/C8H5FN4O2S/c9-4-1-2-5(6(3-4)13(14)15)7-11-12-8(10)16-7/h1-3H,(H2,10,12). The van der Waals surface area contributed by atoms with E-state index in [1.807, 2.05) is 0 Å². The predicted molar refractivity (Wildman–Crippen MR) is 56.4 cm³/mol. The highest BCUT2D eigenvalue weighted by Crippen LogP contribution is 2.32. The van der Waals surface area contributed by atoms with Crippen LogP contribution in [-0.2, 0) is 0 Å². The summed E-state index contributed by atoms with van der Waals surface area (Å²) in [6.45, 7) is 0. The summed E-state index contributed by atoms with van der Waals surface area (Å²) >= 11 is 1.01. The Labute approximate surface area is 92.7 Å². The molecule has 0 aliphatic heterocycles. The molecule has 1 aromatic carbocycles. The van der Waals surface area contributed by atoms with Gasteiger partial charge < -0.3 is 5.73 Å². The average Bonchev–Trinajstić information content (AvgIpc) is 2.64. The van der Waals surface area contributed by atoms with E-state index < -0.39 is 10.7 Å². The third-order valence-electron chi connectivity index (χ3n) is 1.83. The smallest absolute Gasteiger partial charge is 0.282 e. The number of nitrogen functional groups attached to an aromatic ring is 1. The Morgan fingerprint density at radius 3 is 2.75 bits per heavy atom. The Bertz CT molecular complexity index is 557. The van der Waals surface area contributed by atoms with E-state index in [0.717, 1.165) is 23.5 Å². The third-order valence-corrected chi connectivity index (χ3v) is 2.61. The largest absolute Gasteiger partial charge is 0.374 e. The number of nitrogens with zero attached hydrogens (tertiary/aromatic N) is 3. The molecule has 1 heterocycles. The number of aromatic nitrogens is 2. The van der Waals surface area contributed by atoms with Gasteiger partial charge in [-0.2, -0.15) is 0 Å². The van der Waals surface area contributed by atoms with Crippen LogP contribution >= 0.6 is 11.3 Å². The van der Waals surface area contributed by atoms with Gasteiger partial charge in [0.25, 0.3) is 5.69 Å². The number of halogens is 1. The molecule has 6 nitrogen and oxygen atoms in total. The van der Waals surface area contributed by atoms with Crippen LogP contribution in [0.2, 0.25) is 0 Å². The van der Waals surface area contributed by atoms with E-state index >= 15 is 0 Å². The van der Waals surface area contributed by atoms with Crippen LogP contribution in [0.15, 0.2) is 18.2 Å². The van der Waals surface area contributed by atoms with Crippen LogP contribution in [0.1, 0.15) is 0 Å². The Balaban J connectivity index is 2.60. The minimum absolute atomic E-state index is 0.202. The average molecular weight is 240 g/mol. The highest BCUT2D eigenvalue weighted by molar-refractivity contribution is 7.18. The summed E-state index contributed by atoms with van der Waals surface area (Å²) in [5.74, 6) is -0.673. The van der Waals surface area contributed by atoms with Crippen LogP contribution in [0.4, 0.5) is 15.2 Å². The number of rotatable bonds is 2. The number of hydrogen-bond acceptors (Lipinski definition) is 6. The van der Waals surface area contributed by atoms with Crippen molar-refractivity contribution in [3.05, 3.63) is 34.1 Å². The first kappa shape index (κ1) is 10.4. The van der Waals surface area contributed by atoms with Crippen molar-refractivity contribution in [3.8, 4) is 10.6 Å². The van der Waals surface area contributed by atoms with Crippen LogP contribution in [0.3, 0.4) is 0 Å². The molecule has 0 amide bonds. The van der Waals surface area contributed by atoms with Gasteiger partial charge in [-0.25, -0.2) is 4.39 Å². The van der Waals surface area contributed by atoms with Crippen molar-refractivity contribution in [1.29, 1.82) is 0 Å². The maximum atomic E-state index is 12.9. The SMILES string of the molecule is Nc1nnc(-c2ccc(F)cc2[N+](=O)[O-])s1. The second-order valence-corrected chi connectivity index (χ2v) is 3.87. The molecule has 82 valence electrons. The fourth-order valence-electron chi connectivity index (χ4n) is 1.18. The van der Waals surface area contributed by atoms with Gasteiger partial charge in [-0.15, -0.1) is 10.2 Å². The molecule has 16 heavy (non-hydrogen) atoms. The molecule has 0 unspecified atom stereocenters. The number of hydrogen-bond donors (Lipinski definition) is 1. The zero-order chi connectivity index (χ0) is 11.7. The first-order chi connectivity index (χ1) is 7.58. The van der Waals surface area contributed by atoms with Gasteiger partial charge >= 0.3 is 0 Å². The van der Waals surface area contributed by atoms with Gasteiger partial charge in [0, 0.05) is 0 Å². The van der Waals surface area contributed by atoms with E-state index in [2.05, 4.69) is 10.2 Å². The number of nitrogens with two attached hydrogens (primary N) is 1. The molecule has 8 heteroatoms. The molecule has 0 saturated heterocycles. The summed E-state index contributed by atoms with van der Waals surface area (Å²) < 4.78 is 12.9. The molecular formula is C8H5FN4O2S. The lowest BCUT2D eigenvalue weighted by Crippen LogP contribution is -1.92. The van der Waals surface area contributed by atoms with E-state index in [1.165, 1.54) is 6.07 Å².